The summed E-state index contributed by atoms with van der Waals surface area (Å²) in [4.78, 5) is 0. The van der Waals surface area contributed by atoms with E-state index in [1.54, 1.807) is 11.8 Å². The Morgan fingerprint density at radius 3 is 2.71 bits per heavy atom. The minimum Gasteiger partial charge on any atom is -0.314 e. The lowest BCUT2D eigenvalue weighted by Crippen LogP contribution is -2.29. The molecule has 0 spiro atoms. The number of hydrogen-bond acceptors (Lipinski definition) is 4. The molecule has 0 radical (unpaired) electrons. The van der Waals surface area contributed by atoms with Gasteiger partial charge in [0.05, 0.1) is 6.04 Å². The van der Waals surface area contributed by atoms with Gasteiger partial charge >= 0.3 is 0 Å². The van der Waals surface area contributed by atoms with E-state index >= 15 is 0 Å². The molecule has 1 aromatic heterocycles. The second kappa shape index (κ2) is 6.10. The molecule has 112 valence electrons. The van der Waals surface area contributed by atoms with Crippen molar-refractivity contribution in [3.05, 3.63) is 41.2 Å². The smallest absolute Gasteiger partial charge is 0.210 e. The van der Waals surface area contributed by atoms with Gasteiger partial charge in [0.15, 0.2) is 5.82 Å². The van der Waals surface area contributed by atoms with E-state index in [0.29, 0.717) is 12.0 Å². The van der Waals surface area contributed by atoms with E-state index in [2.05, 4.69) is 65.3 Å². The van der Waals surface area contributed by atoms with Crippen molar-refractivity contribution in [2.24, 2.45) is 0 Å². The fraction of sp³-hybridized carbons (Fsp3) is 0.500. The summed E-state index contributed by atoms with van der Waals surface area (Å²) in [7, 11) is 0. The quantitative estimate of drug-likeness (QED) is 0.934. The average molecular weight is 302 g/mol. The fourth-order valence-electron chi connectivity index (χ4n) is 2.54. The first-order chi connectivity index (χ1) is 10.2. The first kappa shape index (κ1) is 14.4. The summed E-state index contributed by atoms with van der Waals surface area (Å²) in [6, 6.07) is 9.27. The molecule has 4 nitrogen and oxygen atoms in total. The average Bonchev–Trinajstić information content (AvgIpc) is 2.90. The van der Waals surface area contributed by atoms with Crippen LogP contribution in [0, 0.1) is 0 Å². The molecule has 0 bridgehead atoms. The van der Waals surface area contributed by atoms with Crippen LogP contribution in [0.25, 0.3) is 0 Å². The summed E-state index contributed by atoms with van der Waals surface area (Å²) in [6.07, 6.45) is 2.04. The number of aryl methyl sites for hydroxylation is 1. The highest BCUT2D eigenvalue weighted by atomic mass is 32.2. The third-order valence-electron chi connectivity index (χ3n) is 3.84. The molecule has 2 aromatic rings. The summed E-state index contributed by atoms with van der Waals surface area (Å²) in [5.41, 5.74) is 6.28. The van der Waals surface area contributed by atoms with Gasteiger partial charge in [0.2, 0.25) is 5.16 Å². The van der Waals surface area contributed by atoms with Crippen molar-refractivity contribution >= 4 is 11.8 Å². The number of aromatic nitrogens is 3. The lowest BCUT2D eigenvalue weighted by atomic mass is 10.00. The maximum atomic E-state index is 4.28. The summed E-state index contributed by atoms with van der Waals surface area (Å²) in [5.74, 6) is 2.60. The van der Waals surface area contributed by atoms with E-state index in [-0.39, 0.29) is 0 Å². The molecular weight excluding hydrogens is 280 g/mol. The van der Waals surface area contributed by atoms with Crippen molar-refractivity contribution in [3.8, 4) is 0 Å². The van der Waals surface area contributed by atoms with Gasteiger partial charge in [-0.25, -0.2) is 4.68 Å². The Hall–Kier alpha value is -1.49. The topological polar surface area (TPSA) is 42.7 Å². The van der Waals surface area contributed by atoms with Crippen LogP contribution in [0.15, 0.2) is 29.4 Å². The van der Waals surface area contributed by atoms with E-state index in [9.17, 15) is 0 Å². The van der Waals surface area contributed by atoms with E-state index in [1.165, 1.54) is 11.1 Å². The Labute approximate surface area is 130 Å². The van der Waals surface area contributed by atoms with E-state index in [1.807, 2.05) is 0 Å². The number of rotatable bonds is 4. The lowest BCUT2D eigenvalue weighted by Gasteiger charge is -2.26. The molecule has 1 aromatic carbocycles. The molecule has 0 saturated heterocycles. The van der Waals surface area contributed by atoms with Gasteiger partial charge in [-0.15, -0.1) is 10.2 Å². The Kier molecular flexibility index (Phi) is 4.19. The molecule has 0 amide bonds. The minimum absolute atomic E-state index is 0.315. The first-order valence-corrected chi connectivity index (χ1v) is 8.61. The summed E-state index contributed by atoms with van der Waals surface area (Å²) < 4.78 is 2.07. The molecule has 0 fully saturated rings. The van der Waals surface area contributed by atoms with Crippen molar-refractivity contribution in [1.82, 2.24) is 14.9 Å². The highest BCUT2D eigenvalue weighted by Crippen LogP contribution is 2.30. The zero-order valence-corrected chi connectivity index (χ0v) is 13.7. The zero-order chi connectivity index (χ0) is 14.8. The number of nitrogens with zero attached hydrogens (tertiary/aromatic N) is 3. The van der Waals surface area contributed by atoms with Gasteiger partial charge < -0.3 is 5.43 Å². The Morgan fingerprint density at radius 2 is 2.05 bits per heavy atom. The molecule has 5 heteroatoms. The molecule has 2 heterocycles. The van der Waals surface area contributed by atoms with Crippen molar-refractivity contribution < 1.29 is 0 Å². The van der Waals surface area contributed by atoms with Gasteiger partial charge in [0.1, 0.15) is 0 Å². The maximum Gasteiger partial charge on any atom is 0.210 e. The van der Waals surface area contributed by atoms with Gasteiger partial charge in [-0.3, -0.25) is 0 Å². The normalized spacial score (nSPS) is 17.6. The van der Waals surface area contributed by atoms with Crippen LogP contribution in [-0.4, -0.2) is 20.6 Å². The molecule has 3 rings (SSSR count). The maximum absolute atomic E-state index is 4.28. The number of fused-ring (bicyclic) bond motifs is 1. The first-order valence-electron chi connectivity index (χ1n) is 7.62. The van der Waals surface area contributed by atoms with Crippen LogP contribution in [0.2, 0.25) is 0 Å². The van der Waals surface area contributed by atoms with Crippen LogP contribution in [0.1, 0.15) is 56.1 Å². The van der Waals surface area contributed by atoms with Crippen molar-refractivity contribution in [1.29, 1.82) is 0 Å². The second-order valence-corrected chi connectivity index (χ2v) is 6.79. The Balaban J connectivity index is 1.80. The molecule has 21 heavy (non-hydrogen) atoms. The van der Waals surface area contributed by atoms with Crippen LogP contribution < -0.4 is 5.43 Å². The van der Waals surface area contributed by atoms with Gasteiger partial charge in [0.25, 0.3) is 0 Å². The van der Waals surface area contributed by atoms with Crippen LogP contribution in [0.5, 0.6) is 0 Å². The Bertz CT molecular complexity index is 603. The lowest BCUT2D eigenvalue weighted by molar-refractivity contribution is 0.627. The molecule has 1 unspecified atom stereocenters. The van der Waals surface area contributed by atoms with Gasteiger partial charge in [-0.05, 0) is 23.5 Å². The predicted octanol–water partition coefficient (Wildman–Crippen LogP) is 3.74. The molecule has 1 aliphatic rings. The third kappa shape index (κ3) is 2.93. The summed E-state index contributed by atoms with van der Waals surface area (Å²) in [5, 5.41) is 9.52. The highest BCUT2D eigenvalue weighted by Gasteiger charge is 2.23. The minimum atomic E-state index is 0.315. The summed E-state index contributed by atoms with van der Waals surface area (Å²) >= 11 is 1.78. The molecule has 0 saturated carbocycles. The molecule has 1 aliphatic heterocycles. The van der Waals surface area contributed by atoms with E-state index < -0.39 is 0 Å². The summed E-state index contributed by atoms with van der Waals surface area (Å²) in [6.45, 7) is 6.62. The number of thioether (sulfide) groups is 1. The standard InChI is InChI=1S/C16H22N4S/c1-4-5-15-17-18-16-20(15)19-14(10-21-16)13-8-6-12(7-9-13)11(2)3/h6-9,11,14,19H,4-5,10H2,1-3H3. The molecule has 1 atom stereocenters. The van der Waals surface area contributed by atoms with E-state index in [4.69, 9.17) is 0 Å². The van der Waals surface area contributed by atoms with Gasteiger partial charge in [0, 0.05) is 12.2 Å². The van der Waals surface area contributed by atoms with Crippen molar-refractivity contribution in [2.45, 2.75) is 50.7 Å². The SMILES string of the molecule is CCCc1nnc2n1NC(c1ccc(C(C)C)cc1)CS2. The highest BCUT2D eigenvalue weighted by molar-refractivity contribution is 7.99. The largest absolute Gasteiger partial charge is 0.314 e. The van der Waals surface area contributed by atoms with Crippen LogP contribution >= 0.6 is 11.8 Å². The van der Waals surface area contributed by atoms with Gasteiger partial charge in [-0.1, -0.05) is 56.8 Å². The van der Waals surface area contributed by atoms with Crippen molar-refractivity contribution in [2.75, 3.05) is 11.2 Å². The predicted molar refractivity (Wildman–Crippen MR) is 87.4 cm³/mol. The molecule has 0 aliphatic carbocycles. The third-order valence-corrected chi connectivity index (χ3v) is 4.87. The van der Waals surface area contributed by atoms with E-state index in [0.717, 1.165) is 29.6 Å². The fourth-order valence-corrected chi connectivity index (χ4v) is 3.51. The van der Waals surface area contributed by atoms with Crippen molar-refractivity contribution in [3.63, 3.8) is 0 Å². The van der Waals surface area contributed by atoms with Crippen LogP contribution in [0.3, 0.4) is 0 Å². The number of benzene rings is 1. The number of hydrogen-bond donors (Lipinski definition) is 1. The molecular formula is C16H22N4S. The zero-order valence-electron chi connectivity index (χ0n) is 12.8. The second-order valence-electron chi connectivity index (χ2n) is 5.80. The van der Waals surface area contributed by atoms with Crippen LogP contribution in [-0.2, 0) is 6.42 Å². The molecule has 1 N–H and O–H groups in total. The Morgan fingerprint density at radius 1 is 1.29 bits per heavy atom. The monoisotopic (exact) mass is 302 g/mol. The number of nitrogens with one attached hydrogen (secondary N) is 1. The van der Waals surface area contributed by atoms with Gasteiger partial charge in [-0.2, -0.15) is 0 Å². The van der Waals surface area contributed by atoms with Crippen LogP contribution in [0.4, 0.5) is 0 Å².